The van der Waals surface area contributed by atoms with Crippen molar-refractivity contribution in [1.29, 1.82) is 0 Å². The maximum absolute atomic E-state index is 9.90. The fraction of sp³-hybridized carbons (Fsp3) is 0.429. The van der Waals surface area contributed by atoms with Crippen LogP contribution in [0.3, 0.4) is 0 Å². The van der Waals surface area contributed by atoms with Gasteiger partial charge in [0.15, 0.2) is 5.16 Å². The molecule has 0 radical (unpaired) electrons. The van der Waals surface area contributed by atoms with E-state index < -0.39 is 6.10 Å². The van der Waals surface area contributed by atoms with E-state index in [0.717, 1.165) is 17.3 Å². The number of benzene rings is 1. The molecule has 0 saturated heterocycles. The number of nitrogens with zero attached hydrogens (tertiary/aromatic N) is 3. The zero-order chi connectivity index (χ0) is 14.4. The molecule has 0 amide bonds. The first-order valence-corrected chi connectivity index (χ1v) is 7.54. The maximum atomic E-state index is 9.90. The molecule has 1 aromatic heterocycles. The molecule has 1 heterocycles. The molecule has 6 heteroatoms. The van der Waals surface area contributed by atoms with E-state index in [1.807, 2.05) is 35.9 Å². The lowest BCUT2D eigenvalue weighted by molar-refractivity contribution is 0.126. The molecule has 0 saturated carbocycles. The monoisotopic (exact) mass is 293 g/mol. The quantitative estimate of drug-likeness (QED) is 0.790. The van der Waals surface area contributed by atoms with Gasteiger partial charge in [0.05, 0.1) is 6.10 Å². The number of aryl methyl sites for hydroxylation is 2. The van der Waals surface area contributed by atoms with E-state index in [2.05, 4.69) is 17.1 Å². The van der Waals surface area contributed by atoms with Gasteiger partial charge in [0, 0.05) is 12.8 Å². The van der Waals surface area contributed by atoms with E-state index in [1.165, 1.54) is 17.3 Å². The summed E-state index contributed by atoms with van der Waals surface area (Å²) < 4.78 is 7.38. The Morgan fingerprint density at radius 3 is 2.70 bits per heavy atom. The molecular formula is C14H19N3O2S. The van der Waals surface area contributed by atoms with Crippen LogP contribution >= 0.6 is 11.8 Å². The maximum Gasteiger partial charge on any atom is 0.190 e. The van der Waals surface area contributed by atoms with Crippen LogP contribution in [0.1, 0.15) is 12.5 Å². The molecule has 1 N–H and O–H groups in total. The molecule has 1 aromatic carbocycles. The average Bonchev–Trinajstić information content (AvgIpc) is 2.89. The summed E-state index contributed by atoms with van der Waals surface area (Å²) in [5.74, 6) is 1.31. The number of hydrogen-bond donors (Lipinski definition) is 1. The lowest BCUT2D eigenvalue weighted by Crippen LogP contribution is -2.20. The van der Waals surface area contributed by atoms with Crippen LogP contribution in [-0.2, 0) is 13.5 Å². The Morgan fingerprint density at radius 1 is 1.35 bits per heavy atom. The van der Waals surface area contributed by atoms with E-state index >= 15 is 0 Å². The van der Waals surface area contributed by atoms with Gasteiger partial charge in [0.2, 0.25) is 0 Å². The summed E-state index contributed by atoms with van der Waals surface area (Å²) in [6.45, 7) is 2.39. The summed E-state index contributed by atoms with van der Waals surface area (Å²) in [6, 6.07) is 7.94. The summed E-state index contributed by atoms with van der Waals surface area (Å²) in [4.78, 5) is 0. The van der Waals surface area contributed by atoms with Gasteiger partial charge in [-0.15, -0.1) is 10.2 Å². The van der Waals surface area contributed by atoms with Crippen LogP contribution in [0.15, 0.2) is 35.7 Å². The molecule has 0 fully saturated rings. The third kappa shape index (κ3) is 4.25. The van der Waals surface area contributed by atoms with Crippen molar-refractivity contribution in [3.8, 4) is 5.75 Å². The van der Waals surface area contributed by atoms with Gasteiger partial charge in [0.1, 0.15) is 18.7 Å². The smallest absolute Gasteiger partial charge is 0.190 e. The molecule has 0 spiro atoms. The predicted molar refractivity (Wildman–Crippen MR) is 79.0 cm³/mol. The largest absolute Gasteiger partial charge is 0.491 e. The number of aliphatic hydroxyl groups is 1. The van der Waals surface area contributed by atoms with Crippen molar-refractivity contribution < 1.29 is 9.84 Å². The molecule has 1 unspecified atom stereocenters. The Balaban J connectivity index is 1.74. The summed E-state index contributed by atoms with van der Waals surface area (Å²) in [6.07, 6.45) is 2.11. The van der Waals surface area contributed by atoms with E-state index in [9.17, 15) is 5.11 Å². The van der Waals surface area contributed by atoms with Crippen molar-refractivity contribution in [2.24, 2.45) is 7.05 Å². The second-order valence-corrected chi connectivity index (χ2v) is 5.48. The normalized spacial score (nSPS) is 12.3. The van der Waals surface area contributed by atoms with Crippen LogP contribution in [0.5, 0.6) is 5.75 Å². The number of hydrogen-bond acceptors (Lipinski definition) is 5. The van der Waals surface area contributed by atoms with Gasteiger partial charge >= 0.3 is 0 Å². The van der Waals surface area contributed by atoms with E-state index in [4.69, 9.17) is 4.74 Å². The fourth-order valence-corrected chi connectivity index (χ4v) is 2.43. The Hall–Kier alpha value is -1.53. The Bertz CT molecular complexity index is 527. The Morgan fingerprint density at radius 2 is 2.10 bits per heavy atom. The van der Waals surface area contributed by atoms with Crippen LogP contribution in [0, 0.1) is 0 Å². The van der Waals surface area contributed by atoms with Gasteiger partial charge in [0.25, 0.3) is 0 Å². The lowest BCUT2D eigenvalue weighted by Gasteiger charge is -2.12. The summed E-state index contributed by atoms with van der Waals surface area (Å²) in [7, 11) is 1.88. The van der Waals surface area contributed by atoms with Crippen LogP contribution in [0.4, 0.5) is 0 Å². The standard InChI is InChI=1S/C14H19N3O2S/c1-3-11-4-6-13(7-5-11)19-8-12(18)9-20-14-16-15-10-17(14)2/h4-7,10,12,18H,3,8-9H2,1-2H3. The molecule has 5 nitrogen and oxygen atoms in total. The Kier molecular flexibility index (Phi) is 5.43. The molecule has 20 heavy (non-hydrogen) atoms. The van der Waals surface area contributed by atoms with Crippen LogP contribution in [0.2, 0.25) is 0 Å². The van der Waals surface area contributed by atoms with Crippen molar-refractivity contribution in [2.45, 2.75) is 24.6 Å². The van der Waals surface area contributed by atoms with Gasteiger partial charge in [-0.2, -0.15) is 0 Å². The molecule has 0 aliphatic heterocycles. The highest BCUT2D eigenvalue weighted by Crippen LogP contribution is 2.16. The second-order valence-electron chi connectivity index (χ2n) is 4.50. The minimum absolute atomic E-state index is 0.274. The molecule has 108 valence electrons. The Labute approximate surface area is 123 Å². The van der Waals surface area contributed by atoms with Crippen molar-refractivity contribution in [3.05, 3.63) is 36.2 Å². The molecule has 0 bridgehead atoms. The summed E-state index contributed by atoms with van der Waals surface area (Å²) >= 11 is 1.46. The van der Waals surface area contributed by atoms with Crippen molar-refractivity contribution in [2.75, 3.05) is 12.4 Å². The lowest BCUT2D eigenvalue weighted by atomic mass is 10.2. The SMILES string of the molecule is CCc1ccc(OCC(O)CSc2nncn2C)cc1. The number of ether oxygens (including phenoxy) is 1. The van der Waals surface area contributed by atoms with E-state index in [0.29, 0.717) is 5.75 Å². The zero-order valence-corrected chi connectivity index (χ0v) is 12.5. The van der Waals surface area contributed by atoms with Crippen LogP contribution < -0.4 is 4.74 Å². The molecule has 0 aliphatic rings. The third-order valence-electron chi connectivity index (χ3n) is 2.85. The van der Waals surface area contributed by atoms with Crippen LogP contribution in [-0.4, -0.2) is 38.3 Å². The highest BCUT2D eigenvalue weighted by atomic mass is 32.2. The average molecular weight is 293 g/mol. The van der Waals surface area contributed by atoms with Gasteiger partial charge in [-0.05, 0) is 24.1 Å². The number of aromatic nitrogens is 3. The highest BCUT2D eigenvalue weighted by Gasteiger charge is 2.09. The number of rotatable bonds is 7. The van der Waals surface area contributed by atoms with E-state index in [-0.39, 0.29) is 6.61 Å². The van der Waals surface area contributed by atoms with Crippen molar-refractivity contribution in [1.82, 2.24) is 14.8 Å². The third-order valence-corrected chi connectivity index (χ3v) is 4.03. The van der Waals surface area contributed by atoms with Crippen LogP contribution in [0.25, 0.3) is 0 Å². The molecule has 2 rings (SSSR count). The summed E-state index contributed by atoms with van der Waals surface area (Å²) in [5, 5.41) is 18.4. The number of thioether (sulfide) groups is 1. The minimum Gasteiger partial charge on any atom is -0.491 e. The van der Waals surface area contributed by atoms with Gasteiger partial charge in [-0.25, -0.2) is 0 Å². The predicted octanol–water partition coefficient (Wildman–Crippen LogP) is 1.91. The van der Waals surface area contributed by atoms with E-state index in [1.54, 1.807) is 6.33 Å². The zero-order valence-electron chi connectivity index (χ0n) is 11.7. The first kappa shape index (κ1) is 14.9. The minimum atomic E-state index is -0.539. The first-order valence-electron chi connectivity index (χ1n) is 6.55. The topological polar surface area (TPSA) is 60.2 Å². The molecular weight excluding hydrogens is 274 g/mol. The molecule has 2 aromatic rings. The van der Waals surface area contributed by atoms with Crippen molar-refractivity contribution >= 4 is 11.8 Å². The first-order chi connectivity index (χ1) is 9.69. The van der Waals surface area contributed by atoms with Gasteiger partial charge in [-0.3, -0.25) is 0 Å². The van der Waals surface area contributed by atoms with Gasteiger partial charge < -0.3 is 14.4 Å². The molecule has 1 atom stereocenters. The summed E-state index contributed by atoms with van der Waals surface area (Å²) in [5.41, 5.74) is 1.27. The second kappa shape index (κ2) is 7.31. The molecule has 0 aliphatic carbocycles. The van der Waals surface area contributed by atoms with Crippen molar-refractivity contribution in [3.63, 3.8) is 0 Å². The fourth-order valence-electron chi connectivity index (χ4n) is 1.64. The number of aliphatic hydroxyl groups excluding tert-OH is 1. The van der Waals surface area contributed by atoms with Gasteiger partial charge in [-0.1, -0.05) is 30.8 Å². The highest BCUT2D eigenvalue weighted by molar-refractivity contribution is 7.99.